The molecule has 106 valence electrons. The second-order valence-electron chi connectivity index (χ2n) is 4.68. The lowest BCUT2D eigenvalue weighted by Crippen LogP contribution is -2.07. The maximum atomic E-state index is 5.82. The van der Waals surface area contributed by atoms with Gasteiger partial charge in [-0.2, -0.15) is 0 Å². The van der Waals surface area contributed by atoms with E-state index in [1.165, 1.54) is 4.90 Å². The van der Waals surface area contributed by atoms with Crippen molar-refractivity contribution in [1.82, 2.24) is 9.97 Å². The molecule has 0 unspecified atom stereocenters. The minimum absolute atomic E-state index is 0.273. The van der Waals surface area contributed by atoms with Gasteiger partial charge in [0.05, 0.1) is 6.20 Å². The zero-order chi connectivity index (χ0) is 14.5. The Hall–Kier alpha value is -1.59. The van der Waals surface area contributed by atoms with Crippen LogP contribution in [0.5, 0.6) is 11.5 Å². The second kappa shape index (κ2) is 6.72. The van der Waals surface area contributed by atoms with Crippen molar-refractivity contribution >= 4 is 11.8 Å². The van der Waals surface area contributed by atoms with Crippen molar-refractivity contribution in [3.8, 4) is 11.5 Å². The van der Waals surface area contributed by atoms with E-state index in [9.17, 15) is 0 Å². The third-order valence-electron chi connectivity index (χ3n) is 2.84. The summed E-state index contributed by atoms with van der Waals surface area (Å²) in [5, 5.41) is 0. The van der Waals surface area contributed by atoms with Crippen molar-refractivity contribution in [1.29, 1.82) is 0 Å². The van der Waals surface area contributed by atoms with Gasteiger partial charge in [-0.15, -0.1) is 11.8 Å². The van der Waals surface area contributed by atoms with Crippen LogP contribution in [-0.4, -0.2) is 16.2 Å². The van der Waals surface area contributed by atoms with Crippen LogP contribution in [0.15, 0.2) is 35.4 Å². The molecular weight excluding hydrogens is 270 g/mol. The molecule has 0 aliphatic heterocycles. The van der Waals surface area contributed by atoms with Gasteiger partial charge in [-0.1, -0.05) is 13.8 Å². The quantitative estimate of drug-likeness (QED) is 0.853. The number of hydrogen-bond donors (Lipinski definition) is 1. The number of nitrogens with two attached hydrogens (primary N) is 1. The van der Waals surface area contributed by atoms with Gasteiger partial charge in [-0.05, 0) is 30.5 Å². The number of hydrogen-bond acceptors (Lipinski definition) is 5. The first-order valence-electron chi connectivity index (χ1n) is 6.51. The van der Waals surface area contributed by atoms with Gasteiger partial charge in [-0.3, -0.25) is 0 Å². The van der Waals surface area contributed by atoms with Crippen LogP contribution in [0.1, 0.15) is 31.3 Å². The molecule has 2 rings (SSSR count). The molecular formula is C15H19N3OS. The zero-order valence-electron chi connectivity index (χ0n) is 12.0. The largest absolute Gasteiger partial charge is 0.454 e. The van der Waals surface area contributed by atoms with Gasteiger partial charge in [0, 0.05) is 17.4 Å². The molecule has 0 amide bonds. The van der Waals surface area contributed by atoms with E-state index in [1.54, 1.807) is 18.0 Å². The monoisotopic (exact) mass is 289 g/mol. The summed E-state index contributed by atoms with van der Waals surface area (Å²) in [5.74, 6) is 2.44. The van der Waals surface area contributed by atoms with E-state index in [0.717, 1.165) is 17.3 Å². The zero-order valence-corrected chi connectivity index (χ0v) is 12.8. The summed E-state index contributed by atoms with van der Waals surface area (Å²) >= 11 is 1.70. The summed E-state index contributed by atoms with van der Waals surface area (Å²) in [6.07, 6.45) is 3.74. The molecule has 0 aliphatic carbocycles. The molecule has 0 bridgehead atoms. The first-order valence-corrected chi connectivity index (χ1v) is 7.74. The Morgan fingerprint density at radius 3 is 2.50 bits per heavy atom. The minimum Gasteiger partial charge on any atom is -0.454 e. The molecule has 0 atom stereocenters. The molecule has 0 saturated carbocycles. The molecule has 1 aromatic carbocycles. The third-order valence-corrected chi connectivity index (χ3v) is 3.59. The molecule has 0 radical (unpaired) electrons. The lowest BCUT2D eigenvalue weighted by Gasteiger charge is -2.11. The van der Waals surface area contributed by atoms with Crippen molar-refractivity contribution in [3.63, 3.8) is 0 Å². The SMILES string of the molecule is CSc1ccc(Oc2cnc(C(C)C)nc2CN)cc1. The van der Waals surface area contributed by atoms with Crippen LogP contribution in [-0.2, 0) is 6.54 Å². The van der Waals surface area contributed by atoms with Crippen LogP contribution in [0.4, 0.5) is 0 Å². The summed E-state index contributed by atoms with van der Waals surface area (Å²) in [7, 11) is 0. The summed E-state index contributed by atoms with van der Waals surface area (Å²) in [5.41, 5.74) is 6.48. The standard InChI is InChI=1S/C15H19N3OS/c1-10(2)15-17-9-14(13(8-16)18-15)19-11-4-6-12(20-3)7-5-11/h4-7,9-10H,8,16H2,1-3H3. The van der Waals surface area contributed by atoms with E-state index in [0.29, 0.717) is 12.3 Å². The lowest BCUT2D eigenvalue weighted by atomic mass is 10.2. The number of benzene rings is 1. The predicted molar refractivity (Wildman–Crippen MR) is 82.3 cm³/mol. The second-order valence-corrected chi connectivity index (χ2v) is 5.56. The fraction of sp³-hybridized carbons (Fsp3) is 0.333. The maximum absolute atomic E-state index is 5.82. The van der Waals surface area contributed by atoms with Crippen LogP contribution in [0, 0.1) is 0 Å². The predicted octanol–water partition coefficient (Wildman–Crippen LogP) is 3.57. The van der Waals surface area contributed by atoms with Crippen LogP contribution >= 0.6 is 11.8 Å². The summed E-state index contributed by atoms with van der Waals surface area (Å²) < 4.78 is 5.82. The highest BCUT2D eigenvalue weighted by molar-refractivity contribution is 7.98. The first kappa shape index (κ1) is 14.8. The van der Waals surface area contributed by atoms with Crippen molar-refractivity contribution < 1.29 is 4.74 Å². The Morgan fingerprint density at radius 1 is 1.25 bits per heavy atom. The minimum atomic E-state index is 0.273. The van der Waals surface area contributed by atoms with E-state index in [2.05, 4.69) is 23.8 Å². The topological polar surface area (TPSA) is 61.0 Å². The lowest BCUT2D eigenvalue weighted by molar-refractivity contribution is 0.467. The van der Waals surface area contributed by atoms with Gasteiger partial charge in [0.25, 0.3) is 0 Å². The number of ether oxygens (including phenoxy) is 1. The van der Waals surface area contributed by atoms with E-state index in [1.807, 2.05) is 30.5 Å². The average molecular weight is 289 g/mol. The van der Waals surface area contributed by atoms with E-state index >= 15 is 0 Å². The van der Waals surface area contributed by atoms with E-state index in [-0.39, 0.29) is 5.92 Å². The number of rotatable bonds is 5. The number of thioether (sulfide) groups is 1. The first-order chi connectivity index (χ1) is 9.63. The van der Waals surface area contributed by atoms with E-state index in [4.69, 9.17) is 10.5 Å². The van der Waals surface area contributed by atoms with Crippen LogP contribution in [0.25, 0.3) is 0 Å². The van der Waals surface area contributed by atoms with Crippen LogP contribution in [0.3, 0.4) is 0 Å². The van der Waals surface area contributed by atoms with Gasteiger partial charge < -0.3 is 10.5 Å². The average Bonchev–Trinajstić information content (AvgIpc) is 2.48. The molecule has 1 aromatic heterocycles. The fourth-order valence-corrected chi connectivity index (χ4v) is 2.11. The van der Waals surface area contributed by atoms with Crippen molar-refractivity contribution in [3.05, 3.63) is 42.0 Å². The highest BCUT2D eigenvalue weighted by atomic mass is 32.2. The Kier molecular flexibility index (Phi) is 4.98. The normalized spacial score (nSPS) is 10.8. The molecule has 20 heavy (non-hydrogen) atoms. The molecule has 0 fully saturated rings. The smallest absolute Gasteiger partial charge is 0.168 e. The van der Waals surface area contributed by atoms with Crippen LogP contribution < -0.4 is 10.5 Å². The Morgan fingerprint density at radius 2 is 1.95 bits per heavy atom. The number of aromatic nitrogens is 2. The summed E-state index contributed by atoms with van der Waals surface area (Å²) in [4.78, 5) is 9.97. The fourth-order valence-electron chi connectivity index (χ4n) is 1.70. The molecule has 0 spiro atoms. The molecule has 4 nitrogen and oxygen atoms in total. The number of nitrogens with zero attached hydrogens (tertiary/aromatic N) is 2. The van der Waals surface area contributed by atoms with Crippen molar-refractivity contribution in [2.75, 3.05) is 6.26 Å². The molecule has 1 heterocycles. The summed E-state index contributed by atoms with van der Waals surface area (Å²) in [6, 6.07) is 7.90. The van der Waals surface area contributed by atoms with Crippen LogP contribution in [0.2, 0.25) is 0 Å². The Bertz CT molecular complexity index is 570. The molecule has 0 saturated heterocycles. The summed E-state index contributed by atoms with van der Waals surface area (Å²) in [6.45, 7) is 4.44. The van der Waals surface area contributed by atoms with Crippen molar-refractivity contribution in [2.45, 2.75) is 31.2 Å². The van der Waals surface area contributed by atoms with E-state index < -0.39 is 0 Å². The van der Waals surface area contributed by atoms with Gasteiger partial charge in [0.1, 0.15) is 17.3 Å². The van der Waals surface area contributed by atoms with Gasteiger partial charge in [0.15, 0.2) is 5.75 Å². The highest BCUT2D eigenvalue weighted by Crippen LogP contribution is 2.26. The maximum Gasteiger partial charge on any atom is 0.168 e. The highest BCUT2D eigenvalue weighted by Gasteiger charge is 2.10. The van der Waals surface area contributed by atoms with Crippen molar-refractivity contribution in [2.24, 2.45) is 5.73 Å². The molecule has 5 heteroatoms. The molecule has 2 N–H and O–H groups in total. The molecule has 2 aromatic rings. The molecule has 0 aliphatic rings. The Labute approximate surface area is 123 Å². The Balaban J connectivity index is 2.23. The van der Waals surface area contributed by atoms with Gasteiger partial charge in [-0.25, -0.2) is 9.97 Å². The van der Waals surface area contributed by atoms with Gasteiger partial charge in [0.2, 0.25) is 0 Å². The third kappa shape index (κ3) is 3.49. The van der Waals surface area contributed by atoms with Gasteiger partial charge >= 0.3 is 0 Å².